The fraction of sp³-hybridized carbons (Fsp3) is 0.300. The van der Waals surface area contributed by atoms with Crippen LogP contribution in [0.3, 0.4) is 0 Å². The van der Waals surface area contributed by atoms with Gasteiger partial charge in [0.15, 0.2) is 6.61 Å². The van der Waals surface area contributed by atoms with Crippen molar-refractivity contribution >= 4 is 11.9 Å². The number of hydrogen-bond acceptors (Lipinski definition) is 3. The summed E-state index contributed by atoms with van der Waals surface area (Å²) >= 11 is 0. The second-order valence-corrected chi connectivity index (χ2v) is 5.57. The lowest BCUT2D eigenvalue weighted by atomic mass is 9.91. The molecule has 0 spiro atoms. The van der Waals surface area contributed by atoms with Crippen molar-refractivity contribution in [2.75, 3.05) is 13.2 Å². The van der Waals surface area contributed by atoms with E-state index in [0.717, 1.165) is 24.0 Å². The van der Waals surface area contributed by atoms with E-state index >= 15 is 0 Å². The molecule has 0 aliphatic rings. The van der Waals surface area contributed by atoms with Gasteiger partial charge in [0, 0.05) is 6.54 Å². The van der Waals surface area contributed by atoms with Crippen LogP contribution >= 0.6 is 0 Å². The van der Waals surface area contributed by atoms with Crippen LogP contribution in [0.4, 0.5) is 0 Å². The molecule has 0 aromatic heterocycles. The molecule has 4 nitrogen and oxygen atoms in total. The van der Waals surface area contributed by atoms with Gasteiger partial charge in [-0.2, -0.15) is 0 Å². The third-order valence-electron chi connectivity index (χ3n) is 3.70. The average molecular weight is 325 g/mol. The van der Waals surface area contributed by atoms with Crippen molar-refractivity contribution in [3.05, 3.63) is 71.8 Å². The van der Waals surface area contributed by atoms with Gasteiger partial charge in [0.25, 0.3) is 5.91 Å². The van der Waals surface area contributed by atoms with Crippen molar-refractivity contribution < 1.29 is 14.3 Å². The van der Waals surface area contributed by atoms with Gasteiger partial charge in [-0.05, 0) is 17.5 Å². The van der Waals surface area contributed by atoms with Gasteiger partial charge >= 0.3 is 5.97 Å². The molecule has 126 valence electrons. The largest absolute Gasteiger partial charge is 0.455 e. The van der Waals surface area contributed by atoms with Gasteiger partial charge in [-0.15, -0.1) is 0 Å². The number of amides is 1. The number of rotatable bonds is 8. The van der Waals surface area contributed by atoms with Crippen molar-refractivity contribution in [2.45, 2.75) is 25.7 Å². The second kappa shape index (κ2) is 9.50. The minimum Gasteiger partial charge on any atom is -0.455 e. The minimum absolute atomic E-state index is 0.251. The number of hydrogen-bond donors (Lipinski definition) is 1. The Morgan fingerprint density at radius 3 is 2.00 bits per heavy atom. The molecule has 0 atom stereocenters. The Hall–Kier alpha value is -2.62. The molecular formula is C20H23NO3. The van der Waals surface area contributed by atoms with E-state index < -0.39 is 11.9 Å². The highest BCUT2D eigenvalue weighted by atomic mass is 16.5. The SMILES string of the molecule is CCCCNC(=O)COC(=O)C(c1ccccc1)c1ccccc1. The third-order valence-corrected chi connectivity index (χ3v) is 3.70. The van der Waals surface area contributed by atoms with Crippen LogP contribution in [-0.4, -0.2) is 25.0 Å². The van der Waals surface area contributed by atoms with E-state index in [1.54, 1.807) is 0 Å². The molecule has 2 aromatic rings. The topological polar surface area (TPSA) is 55.4 Å². The molecule has 2 rings (SSSR count). The van der Waals surface area contributed by atoms with Gasteiger partial charge in [0.2, 0.25) is 0 Å². The molecular weight excluding hydrogens is 302 g/mol. The number of unbranched alkanes of at least 4 members (excludes halogenated alkanes) is 1. The number of carbonyl (C=O) groups is 2. The maximum absolute atomic E-state index is 12.6. The van der Waals surface area contributed by atoms with Gasteiger partial charge in [-0.3, -0.25) is 9.59 Å². The summed E-state index contributed by atoms with van der Waals surface area (Å²) in [7, 11) is 0. The predicted octanol–water partition coefficient (Wildman–Crippen LogP) is 3.28. The normalized spacial score (nSPS) is 10.4. The summed E-state index contributed by atoms with van der Waals surface area (Å²) in [5, 5.41) is 2.74. The zero-order chi connectivity index (χ0) is 17.2. The van der Waals surface area contributed by atoms with Crippen molar-refractivity contribution in [3.63, 3.8) is 0 Å². The standard InChI is InChI=1S/C20H23NO3/c1-2-3-14-21-18(22)15-24-20(23)19(16-10-6-4-7-11-16)17-12-8-5-9-13-17/h4-13,19H,2-3,14-15H2,1H3,(H,21,22). The van der Waals surface area contributed by atoms with E-state index in [-0.39, 0.29) is 12.5 Å². The Morgan fingerprint density at radius 2 is 1.50 bits per heavy atom. The van der Waals surface area contributed by atoms with Crippen LogP contribution in [0, 0.1) is 0 Å². The Morgan fingerprint density at radius 1 is 0.958 bits per heavy atom. The molecule has 0 bridgehead atoms. The highest BCUT2D eigenvalue weighted by molar-refractivity contribution is 5.85. The van der Waals surface area contributed by atoms with E-state index in [2.05, 4.69) is 12.2 Å². The monoisotopic (exact) mass is 325 g/mol. The van der Waals surface area contributed by atoms with E-state index in [9.17, 15) is 9.59 Å². The Labute approximate surface area is 142 Å². The molecule has 0 unspecified atom stereocenters. The van der Waals surface area contributed by atoms with Crippen LogP contribution in [0.5, 0.6) is 0 Å². The summed E-state index contributed by atoms with van der Waals surface area (Å²) in [6.45, 7) is 2.41. The Balaban J connectivity index is 2.05. The zero-order valence-electron chi connectivity index (χ0n) is 13.9. The molecule has 0 aliphatic carbocycles. The van der Waals surface area contributed by atoms with Crippen molar-refractivity contribution in [1.82, 2.24) is 5.32 Å². The maximum Gasteiger partial charge on any atom is 0.318 e. The van der Waals surface area contributed by atoms with Gasteiger partial charge in [0.1, 0.15) is 5.92 Å². The Kier molecular flexibility index (Phi) is 7.02. The maximum atomic E-state index is 12.6. The van der Waals surface area contributed by atoms with E-state index in [0.29, 0.717) is 6.54 Å². The molecule has 1 amide bonds. The van der Waals surface area contributed by atoms with E-state index in [1.165, 1.54) is 0 Å². The summed E-state index contributed by atoms with van der Waals surface area (Å²) in [6.07, 6.45) is 1.92. The summed E-state index contributed by atoms with van der Waals surface area (Å²) < 4.78 is 5.25. The summed E-state index contributed by atoms with van der Waals surface area (Å²) in [5.74, 6) is -1.22. The quantitative estimate of drug-likeness (QED) is 0.598. The first-order valence-corrected chi connectivity index (χ1v) is 8.25. The van der Waals surface area contributed by atoms with E-state index in [4.69, 9.17) is 4.74 Å². The highest BCUT2D eigenvalue weighted by Crippen LogP contribution is 2.25. The molecule has 1 N–H and O–H groups in total. The first-order chi connectivity index (χ1) is 11.7. The molecule has 0 saturated heterocycles. The molecule has 0 fully saturated rings. The van der Waals surface area contributed by atoms with Gasteiger partial charge in [0.05, 0.1) is 0 Å². The predicted molar refractivity (Wildman–Crippen MR) is 93.6 cm³/mol. The molecule has 0 radical (unpaired) electrons. The van der Waals surface area contributed by atoms with Crippen molar-refractivity contribution in [3.8, 4) is 0 Å². The van der Waals surface area contributed by atoms with Gasteiger partial charge < -0.3 is 10.1 Å². The lowest BCUT2D eigenvalue weighted by Crippen LogP contribution is -2.30. The number of esters is 1. The summed E-state index contributed by atoms with van der Waals surface area (Å²) in [4.78, 5) is 24.3. The summed E-state index contributed by atoms with van der Waals surface area (Å²) in [6, 6.07) is 18.9. The smallest absolute Gasteiger partial charge is 0.318 e. The fourth-order valence-electron chi connectivity index (χ4n) is 2.43. The Bertz CT molecular complexity index is 601. The summed E-state index contributed by atoms with van der Waals surface area (Å²) in [5.41, 5.74) is 1.69. The molecule has 0 aliphatic heterocycles. The van der Waals surface area contributed by atoms with Crippen molar-refractivity contribution in [1.29, 1.82) is 0 Å². The van der Waals surface area contributed by atoms with Crippen LogP contribution in [0.2, 0.25) is 0 Å². The number of ether oxygens (including phenoxy) is 1. The van der Waals surface area contributed by atoms with Crippen LogP contribution in [-0.2, 0) is 14.3 Å². The first kappa shape index (κ1) is 17.7. The fourth-order valence-corrected chi connectivity index (χ4v) is 2.43. The second-order valence-electron chi connectivity index (χ2n) is 5.57. The van der Waals surface area contributed by atoms with Gasteiger partial charge in [-0.25, -0.2) is 0 Å². The van der Waals surface area contributed by atoms with Gasteiger partial charge in [-0.1, -0.05) is 74.0 Å². The zero-order valence-corrected chi connectivity index (χ0v) is 13.9. The van der Waals surface area contributed by atoms with Crippen LogP contribution in [0.15, 0.2) is 60.7 Å². The first-order valence-electron chi connectivity index (χ1n) is 8.25. The third kappa shape index (κ3) is 5.23. The molecule has 0 heterocycles. The van der Waals surface area contributed by atoms with Crippen molar-refractivity contribution in [2.24, 2.45) is 0 Å². The lowest BCUT2D eigenvalue weighted by molar-refractivity contribution is -0.149. The number of carbonyl (C=O) groups excluding carboxylic acids is 2. The number of benzene rings is 2. The molecule has 4 heteroatoms. The molecule has 2 aromatic carbocycles. The minimum atomic E-state index is -0.532. The lowest BCUT2D eigenvalue weighted by Gasteiger charge is -2.17. The van der Waals surface area contributed by atoms with Crippen LogP contribution in [0.1, 0.15) is 36.8 Å². The molecule has 24 heavy (non-hydrogen) atoms. The molecule has 0 saturated carbocycles. The van der Waals surface area contributed by atoms with E-state index in [1.807, 2.05) is 60.7 Å². The van der Waals surface area contributed by atoms with Crippen LogP contribution in [0.25, 0.3) is 0 Å². The number of nitrogens with one attached hydrogen (secondary N) is 1. The average Bonchev–Trinajstić information content (AvgIpc) is 2.62. The van der Waals surface area contributed by atoms with Crippen LogP contribution < -0.4 is 5.32 Å². The highest BCUT2D eigenvalue weighted by Gasteiger charge is 2.24.